The maximum absolute atomic E-state index is 12.2. The van der Waals surface area contributed by atoms with Gasteiger partial charge in [0.15, 0.2) is 0 Å². The van der Waals surface area contributed by atoms with Gasteiger partial charge in [-0.2, -0.15) is 10.2 Å². The zero-order valence-corrected chi connectivity index (χ0v) is 14.2. The van der Waals surface area contributed by atoms with E-state index in [2.05, 4.69) is 15.6 Å². The molecule has 2 rings (SSSR count). The molecule has 11 nitrogen and oxygen atoms in total. The fraction of sp³-hybridized carbons (Fsp3) is 0.267. The number of benzene rings is 1. The molecule has 0 aliphatic carbocycles. The Labute approximate surface area is 147 Å². The lowest BCUT2D eigenvalue weighted by Gasteiger charge is -2.11. The van der Waals surface area contributed by atoms with E-state index in [0.717, 1.165) is 6.21 Å². The smallest absolute Gasteiger partial charge is 0.271 e. The highest BCUT2D eigenvalue weighted by Gasteiger charge is 2.26. The summed E-state index contributed by atoms with van der Waals surface area (Å²) in [7, 11) is 0. The van der Waals surface area contributed by atoms with Crippen LogP contribution in [-0.2, 0) is 4.79 Å². The van der Waals surface area contributed by atoms with Crippen LogP contribution in [0.2, 0.25) is 0 Å². The average molecular weight is 360 g/mol. The first-order valence-electron chi connectivity index (χ1n) is 7.50. The van der Waals surface area contributed by atoms with Crippen molar-refractivity contribution in [3.8, 4) is 0 Å². The molecule has 2 aromatic rings. The lowest BCUT2D eigenvalue weighted by molar-refractivity contribution is -0.386. The fourth-order valence-corrected chi connectivity index (χ4v) is 2.43. The summed E-state index contributed by atoms with van der Waals surface area (Å²) >= 11 is 0. The SMILES string of the molecule is Cc1nn(C(C)C(=O)N/N=C/c2ccccc2[N+](=O)[O-])c(C)c1[N+](=O)[O-]. The normalized spacial score (nSPS) is 12.1. The minimum Gasteiger partial charge on any atom is -0.271 e. The van der Waals surface area contributed by atoms with Crippen molar-refractivity contribution in [2.45, 2.75) is 26.8 Å². The molecule has 0 saturated heterocycles. The number of aryl methyl sites for hydroxylation is 1. The predicted molar refractivity (Wildman–Crippen MR) is 91.9 cm³/mol. The lowest BCUT2D eigenvalue weighted by atomic mass is 10.2. The number of hydrogen-bond donors (Lipinski definition) is 1. The van der Waals surface area contributed by atoms with Crippen molar-refractivity contribution in [2.75, 3.05) is 0 Å². The maximum atomic E-state index is 12.2. The lowest BCUT2D eigenvalue weighted by Crippen LogP contribution is -2.28. The molecule has 1 aromatic heterocycles. The highest BCUT2D eigenvalue weighted by atomic mass is 16.6. The molecule has 0 aliphatic heterocycles. The van der Waals surface area contributed by atoms with Crippen LogP contribution in [0.4, 0.5) is 11.4 Å². The molecule has 0 spiro atoms. The summed E-state index contributed by atoms with van der Waals surface area (Å²) in [6, 6.07) is 5.08. The van der Waals surface area contributed by atoms with Crippen LogP contribution in [0.25, 0.3) is 0 Å². The molecule has 1 heterocycles. The first-order chi connectivity index (χ1) is 12.2. The zero-order valence-electron chi connectivity index (χ0n) is 14.2. The Morgan fingerprint density at radius 2 is 1.92 bits per heavy atom. The van der Waals surface area contributed by atoms with Crippen LogP contribution in [0.15, 0.2) is 29.4 Å². The van der Waals surface area contributed by atoms with Crippen molar-refractivity contribution in [3.05, 3.63) is 61.4 Å². The number of hydrogen-bond acceptors (Lipinski definition) is 7. The second-order valence-electron chi connectivity index (χ2n) is 5.45. The molecule has 0 saturated carbocycles. The van der Waals surface area contributed by atoms with Gasteiger partial charge in [-0.05, 0) is 26.8 Å². The molecule has 1 amide bonds. The van der Waals surface area contributed by atoms with Gasteiger partial charge in [0.1, 0.15) is 17.4 Å². The van der Waals surface area contributed by atoms with Gasteiger partial charge in [-0.1, -0.05) is 12.1 Å². The van der Waals surface area contributed by atoms with Gasteiger partial charge in [0.2, 0.25) is 0 Å². The number of hydrazone groups is 1. The first kappa shape index (κ1) is 18.7. The number of nitrogens with one attached hydrogen (secondary N) is 1. The standard InChI is InChI=1S/C15H16N6O5/c1-9-14(21(25)26)10(2)19(18-9)11(3)15(22)17-16-8-12-6-4-5-7-13(12)20(23)24/h4-8,11H,1-3H3,(H,17,22)/b16-8+. The maximum Gasteiger partial charge on any atom is 0.312 e. The highest BCUT2D eigenvalue weighted by Crippen LogP contribution is 2.24. The second-order valence-corrected chi connectivity index (χ2v) is 5.45. The Morgan fingerprint density at radius 1 is 1.27 bits per heavy atom. The number of aromatic nitrogens is 2. The van der Waals surface area contributed by atoms with E-state index in [1.54, 1.807) is 6.07 Å². The number of amides is 1. The summed E-state index contributed by atoms with van der Waals surface area (Å²) in [5, 5.41) is 29.7. The molecular weight excluding hydrogens is 344 g/mol. The summed E-state index contributed by atoms with van der Waals surface area (Å²) in [5.41, 5.74) is 2.65. The van der Waals surface area contributed by atoms with E-state index in [4.69, 9.17) is 0 Å². The quantitative estimate of drug-likeness (QED) is 0.474. The molecule has 0 fully saturated rings. The topological polar surface area (TPSA) is 146 Å². The van der Waals surface area contributed by atoms with Crippen LogP contribution in [0, 0.1) is 34.1 Å². The highest BCUT2D eigenvalue weighted by molar-refractivity contribution is 5.87. The summed E-state index contributed by atoms with van der Waals surface area (Å²) in [5.74, 6) is -0.569. The van der Waals surface area contributed by atoms with E-state index in [1.807, 2.05) is 0 Å². The number of carbonyl (C=O) groups excluding carboxylic acids is 1. The largest absolute Gasteiger partial charge is 0.312 e. The van der Waals surface area contributed by atoms with Gasteiger partial charge < -0.3 is 0 Å². The van der Waals surface area contributed by atoms with Gasteiger partial charge in [-0.25, -0.2) is 5.43 Å². The molecular formula is C15H16N6O5. The van der Waals surface area contributed by atoms with Crippen molar-refractivity contribution in [3.63, 3.8) is 0 Å². The van der Waals surface area contributed by atoms with E-state index < -0.39 is 21.8 Å². The molecule has 136 valence electrons. The van der Waals surface area contributed by atoms with E-state index in [9.17, 15) is 25.0 Å². The van der Waals surface area contributed by atoms with Gasteiger partial charge in [-0.15, -0.1) is 0 Å². The van der Waals surface area contributed by atoms with E-state index in [1.165, 1.54) is 43.7 Å². The number of nitro groups is 2. The first-order valence-corrected chi connectivity index (χ1v) is 7.50. The summed E-state index contributed by atoms with van der Waals surface area (Å²) in [4.78, 5) is 33.1. The Bertz CT molecular complexity index is 904. The van der Waals surface area contributed by atoms with Crippen molar-refractivity contribution in [1.29, 1.82) is 0 Å². The molecule has 1 N–H and O–H groups in total. The Kier molecular flexibility index (Phi) is 5.40. The van der Waals surface area contributed by atoms with Crippen LogP contribution in [0.3, 0.4) is 0 Å². The van der Waals surface area contributed by atoms with Gasteiger partial charge >= 0.3 is 5.69 Å². The monoisotopic (exact) mass is 360 g/mol. The average Bonchev–Trinajstić information content (AvgIpc) is 2.88. The molecule has 0 aliphatic rings. The molecule has 1 atom stereocenters. The summed E-state index contributed by atoms with van der Waals surface area (Å²) < 4.78 is 1.24. The van der Waals surface area contributed by atoms with Crippen LogP contribution in [-0.4, -0.2) is 31.7 Å². The number of rotatable bonds is 6. The van der Waals surface area contributed by atoms with Crippen LogP contribution in [0.5, 0.6) is 0 Å². The fourth-order valence-electron chi connectivity index (χ4n) is 2.43. The Balaban J connectivity index is 2.15. The molecule has 0 bridgehead atoms. The van der Waals surface area contributed by atoms with Crippen molar-refractivity contribution >= 4 is 23.5 Å². The summed E-state index contributed by atoms with van der Waals surface area (Å²) in [6.07, 6.45) is 1.16. The van der Waals surface area contributed by atoms with Crippen LogP contribution in [0.1, 0.15) is 29.9 Å². The minimum atomic E-state index is -0.856. The number of nitrogens with zero attached hydrogens (tertiary/aromatic N) is 5. The van der Waals surface area contributed by atoms with Gasteiger partial charge in [0.25, 0.3) is 11.6 Å². The van der Waals surface area contributed by atoms with Crippen molar-refractivity contribution in [2.24, 2.45) is 5.10 Å². The number of nitro benzene ring substituents is 1. The van der Waals surface area contributed by atoms with Gasteiger partial charge in [0, 0.05) is 6.07 Å². The molecule has 0 radical (unpaired) electrons. The minimum absolute atomic E-state index is 0.145. The molecule has 1 aromatic carbocycles. The van der Waals surface area contributed by atoms with Crippen LogP contribution >= 0.6 is 0 Å². The molecule has 1 unspecified atom stereocenters. The third-order valence-corrected chi connectivity index (χ3v) is 3.73. The molecule has 11 heteroatoms. The van der Waals surface area contributed by atoms with E-state index >= 15 is 0 Å². The van der Waals surface area contributed by atoms with Crippen molar-refractivity contribution in [1.82, 2.24) is 15.2 Å². The van der Waals surface area contributed by atoms with E-state index in [0.29, 0.717) is 0 Å². The van der Waals surface area contributed by atoms with Crippen LogP contribution < -0.4 is 5.43 Å². The predicted octanol–water partition coefficient (Wildman–Crippen LogP) is 2.03. The van der Waals surface area contributed by atoms with E-state index in [-0.39, 0.29) is 28.3 Å². The molecule has 26 heavy (non-hydrogen) atoms. The third-order valence-electron chi connectivity index (χ3n) is 3.73. The second kappa shape index (κ2) is 7.51. The summed E-state index contributed by atoms with van der Waals surface area (Å²) in [6.45, 7) is 4.50. The number of para-hydroxylation sites is 1. The van der Waals surface area contributed by atoms with Crippen molar-refractivity contribution < 1.29 is 14.6 Å². The van der Waals surface area contributed by atoms with Gasteiger partial charge in [0.05, 0.1) is 21.6 Å². The Morgan fingerprint density at radius 3 is 2.50 bits per heavy atom. The Hall–Kier alpha value is -3.63. The third kappa shape index (κ3) is 3.71. The zero-order chi connectivity index (χ0) is 19.4. The van der Waals surface area contributed by atoms with Gasteiger partial charge in [-0.3, -0.25) is 29.7 Å². The number of carbonyl (C=O) groups is 1.